The Balaban J connectivity index is 1.93. The lowest BCUT2D eigenvalue weighted by Crippen LogP contribution is -2.60. The van der Waals surface area contributed by atoms with Crippen molar-refractivity contribution in [1.82, 2.24) is 5.32 Å². The molecule has 0 aromatic rings. The van der Waals surface area contributed by atoms with Crippen LogP contribution in [-0.4, -0.2) is 100 Å². The molecule has 1 saturated heterocycles. The average Bonchev–Trinajstić information content (AvgIpc) is 3.65. The van der Waals surface area contributed by atoms with Gasteiger partial charge in [-0.15, -0.1) is 0 Å². The second-order valence-electron chi connectivity index (χ2n) is 24.6. The van der Waals surface area contributed by atoms with Gasteiger partial charge >= 0.3 is 5.97 Å². The predicted molar refractivity (Wildman–Crippen MR) is 347 cm³/mol. The Bertz CT molecular complexity index is 1520. The number of carbonyl (C=O) groups is 2. The molecule has 0 saturated carbocycles. The van der Waals surface area contributed by atoms with Gasteiger partial charge in [0.15, 0.2) is 6.29 Å². The maximum atomic E-state index is 13.0. The van der Waals surface area contributed by atoms with Gasteiger partial charge in [-0.05, 0) is 77.0 Å². The zero-order chi connectivity index (χ0) is 60.2. The van der Waals surface area contributed by atoms with Gasteiger partial charge in [0.25, 0.3) is 0 Å². The lowest BCUT2D eigenvalue weighted by Gasteiger charge is -2.40. The van der Waals surface area contributed by atoms with E-state index in [9.17, 15) is 35.1 Å². The second-order valence-corrected chi connectivity index (χ2v) is 24.6. The largest absolute Gasteiger partial charge is 0.466 e. The number of hydrogen-bond acceptors (Lipinski definition) is 10. The van der Waals surface area contributed by atoms with Crippen LogP contribution in [0.1, 0.15) is 335 Å². The number of unbranched alkanes of at least 4 members (excludes halogenated alkanes) is 42. The lowest BCUT2D eigenvalue weighted by molar-refractivity contribution is -0.302. The maximum absolute atomic E-state index is 13.0. The summed E-state index contributed by atoms with van der Waals surface area (Å²) in [5, 5.41) is 54.2. The third kappa shape index (κ3) is 50.3. The smallest absolute Gasteiger partial charge is 0.305 e. The molecule has 1 heterocycles. The fourth-order valence-corrected chi connectivity index (χ4v) is 11.1. The number of aliphatic hydroxyl groups excluding tert-OH is 5. The number of allylic oxidation sites excluding steroid dienone is 7. The molecule has 1 fully saturated rings. The van der Waals surface area contributed by atoms with E-state index in [1.807, 2.05) is 6.08 Å². The van der Waals surface area contributed by atoms with E-state index in [2.05, 4.69) is 55.6 Å². The van der Waals surface area contributed by atoms with Gasteiger partial charge in [0, 0.05) is 12.8 Å². The summed E-state index contributed by atoms with van der Waals surface area (Å²) in [5.41, 5.74) is 0. The van der Waals surface area contributed by atoms with E-state index in [0.29, 0.717) is 19.4 Å². The van der Waals surface area contributed by atoms with Gasteiger partial charge in [0.05, 0.1) is 32.0 Å². The summed E-state index contributed by atoms with van der Waals surface area (Å²) in [6.07, 6.45) is 69.8. The first-order chi connectivity index (χ1) is 40.7. The molecule has 83 heavy (non-hydrogen) atoms. The molecule has 0 bridgehead atoms. The van der Waals surface area contributed by atoms with E-state index in [-0.39, 0.29) is 18.5 Å². The van der Waals surface area contributed by atoms with Crippen LogP contribution in [0.5, 0.6) is 0 Å². The summed E-state index contributed by atoms with van der Waals surface area (Å²) in [6, 6.07) is -0.827. The number of ether oxygens (including phenoxy) is 3. The topological polar surface area (TPSA) is 175 Å². The number of nitrogens with one attached hydrogen (secondary N) is 1. The second kappa shape index (κ2) is 61.3. The molecule has 0 aromatic heterocycles. The Labute approximate surface area is 510 Å². The van der Waals surface area contributed by atoms with Crippen molar-refractivity contribution >= 4 is 11.9 Å². The molecule has 1 amide bonds. The van der Waals surface area contributed by atoms with Crippen molar-refractivity contribution in [3.63, 3.8) is 0 Å². The Hall–Kier alpha value is -2.38. The van der Waals surface area contributed by atoms with E-state index in [0.717, 1.165) is 64.2 Å². The first-order valence-electron chi connectivity index (χ1n) is 35.4. The van der Waals surface area contributed by atoms with Crippen LogP contribution in [0.15, 0.2) is 48.6 Å². The zero-order valence-corrected chi connectivity index (χ0v) is 53.9. The highest BCUT2D eigenvalue weighted by molar-refractivity contribution is 5.76. The molecule has 0 spiro atoms. The van der Waals surface area contributed by atoms with E-state index >= 15 is 0 Å². The molecule has 1 aliphatic heterocycles. The zero-order valence-electron chi connectivity index (χ0n) is 53.9. The molecule has 1 aliphatic rings. The summed E-state index contributed by atoms with van der Waals surface area (Å²) in [4.78, 5) is 25.1. The maximum Gasteiger partial charge on any atom is 0.305 e. The molecular weight excluding hydrogens is 1040 g/mol. The van der Waals surface area contributed by atoms with Gasteiger partial charge < -0.3 is 45.1 Å². The molecule has 6 N–H and O–H groups in total. The van der Waals surface area contributed by atoms with Crippen LogP contribution < -0.4 is 5.32 Å². The quantitative estimate of drug-likeness (QED) is 0.0195. The van der Waals surface area contributed by atoms with Crippen molar-refractivity contribution in [1.29, 1.82) is 0 Å². The molecule has 0 radical (unpaired) electrons. The predicted octanol–water partition coefficient (Wildman–Crippen LogP) is 18.0. The number of aliphatic hydroxyl groups is 5. The standard InChI is InChI=1S/C72H133NO10/c1-3-5-7-9-11-13-14-15-16-30-34-37-40-44-48-52-56-60-68(77)81-61-57-53-49-45-41-38-35-32-29-27-25-23-21-19-17-18-20-22-24-26-28-31-33-36-39-43-47-51-55-59-67(76)73-64(65(75)58-54-50-46-42-12-10-8-6-4-2)63-82-72-71(80)70(79)69(78)66(62-74)83-72/h12,17,19,23,25,42,54,58,64-66,69-72,74-75,78-80H,3-11,13-16,18,20-22,24,26-41,43-53,55-57,59-63H2,1-2H3,(H,73,76)/b19-17-,25-23-,42-12+,58-54+. The van der Waals surface area contributed by atoms with Crippen LogP contribution in [0, 0.1) is 0 Å². The minimum Gasteiger partial charge on any atom is -0.466 e. The minimum atomic E-state index is -1.58. The first-order valence-corrected chi connectivity index (χ1v) is 35.4. The van der Waals surface area contributed by atoms with Gasteiger partial charge in [0.1, 0.15) is 24.4 Å². The molecule has 11 heteroatoms. The van der Waals surface area contributed by atoms with Crippen molar-refractivity contribution in [2.75, 3.05) is 19.8 Å². The Kier molecular flexibility index (Phi) is 58.0. The normalized spacial score (nSPS) is 18.4. The summed E-state index contributed by atoms with van der Waals surface area (Å²) < 4.78 is 16.7. The number of rotatable bonds is 62. The number of esters is 1. The highest BCUT2D eigenvalue weighted by Crippen LogP contribution is 2.23. The molecule has 11 nitrogen and oxygen atoms in total. The molecule has 0 aliphatic carbocycles. The highest BCUT2D eigenvalue weighted by atomic mass is 16.7. The number of amides is 1. The van der Waals surface area contributed by atoms with Crippen molar-refractivity contribution in [3.05, 3.63) is 48.6 Å². The summed E-state index contributed by atoms with van der Waals surface area (Å²) in [5.74, 6) is -0.188. The van der Waals surface area contributed by atoms with E-state index in [1.54, 1.807) is 6.08 Å². The van der Waals surface area contributed by atoms with Crippen molar-refractivity contribution < 1.29 is 49.3 Å². The molecule has 0 aromatic carbocycles. The Morgan fingerprint density at radius 2 is 0.819 bits per heavy atom. The van der Waals surface area contributed by atoms with Crippen LogP contribution in [0.4, 0.5) is 0 Å². The Morgan fingerprint density at radius 1 is 0.446 bits per heavy atom. The number of carbonyl (C=O) groups excluding carboxylic acids is 2. The summed E-state index contributed by atoms with van der Waals surface area (Å²) in [6.45, 7) is 4.30. The van der Waals surface area contributed by atoms with Crippen LogP contribution in [0.3, 0.4) is 0 Å². The molecule has 7 unspecified atom stereocenters. The van der Waals surface area contributed by atoms with Crippen LogP contribution in [-0.2, 0) is 23.8 Å². The SMILES string of the molecule is CCCCC/C=C/CC/C=C/C(O)C(COC1OC(CO)C(O)C(O)C1O)NC(=O)CCCCCCCCCCCCCCC/C=C\C/C=C\CCCCCCCCCCCOC(=O)CCCCCCCCCCCCCCCCCCC. The minimum absolute atomic E-state index is 0.00703. The van der Waals surface area contributed by atoms with Gasteiger partial charge in [0.2, 0.25) is 5.91 Å². The molecular formula is C72H133NO10. The molecule has 486 valence electrons. The summed E-state index contributed by atoms with van der Waals surface area (Å²) in [7, 11) is 0. The van der Waals surface area contributed by atoms with E-state index in [1.165, 1.54) is 244 Å². The van der Waals surface area contributed by atoms with E-state index < -0.39 is 49.5 Å². The fourth-order valence-electron chi connectivity index (χ4n) is 11.1. The van der Waals surface area contributed by atoms with Gasteiger partial charge in [-0.25, -0.2) is 0 Å². The van der Waals surface area contributed by atoms with Gasteiger partial charge in [-0.3, -0.25) is 9.59 Å². The van der Waals surface area contributed by atoms with Crippen LogP contribution in [0.2, 0.25) is 0 Å². The third-order valence-electron chi connectivity index (χ3n) is 16.7. The van der Waals surface area contributed by atoms with Crippen molar-refractivity contribution in [2.24, 2.45) is 0 Å². The van der Waals surface area contributed by atoms with Gasteiger partial charge in [-0.2, -0.15) is 0 Å². The van der Waals surface area contributed by atoms with Gasteiger partial charge in [-0.1, -0.05) is 294 Å². The van der Waals surface area contributed by atoms with Crippen LogP contribution in [0.25, 0.3) is 0 Å². The monoisotopic (exact) mass is 1170 g/mol. The van der Waals surface area contributed by atoms with E-state index in [4.69, 9.17) is 14.2 Å². The third-order valence-corrected chi connectivity index (χ3v) is 16.7. The van der Waals surface area contributed by atoms with Crippen LogP contribution >= 0.6 is 0 Å². The highest BCUT2D eigenvalue weighted by Gasteiger charge is 2.44. The molecule has 1 rings (SSSR count). The van der Waals surface area contributed by atoms with Crippen molar-refractivity contribution in [2.45, 2.75) is 378 Å². The first kappa shape index (κ1) is 78.6. The fraction of sp³-hybridized carbons (Fsp3) is 0.861. The number of hydrogen-bond donors (Lipinski definition) is 6. The average molecular weight is 1170 g/mol. The lowest BCUT2D eigenvalue weighted by atomic mass is 9.99. The summed E-state index contributed by atoms with van der Waals surface area (Å²) >= 11 is 0. The van der Waals surface area contributed by atoms with Crippen molar-refractivity contribution in [3.8, 4) is 0 Å². The Morgan fingerprint density at radius 3 is 1.29 bits per heavy atom. The molecule has 7 atom stereocenters.